The Morgan fingerprint density at radius 1 is 1.33 bits per heavy atom. The van der Waals surface area contributed by atoms with Gasteiger partial charge in [-0.15, -0.1) is 0 Å². The van der Waals surface area contributed by atoms with Gasteiger partial charge in [-0.1, -0.05) is 30.3 Å². The minimum absolute atomic E-state index is 0.137. The van der Waals surface area contributed by atoms with E-state index in [1.807, 2.05) is 20.8 Å². The number of rotatable bonds is 4. The van der Waals surface area contributed by atoms with Crippen LogP contribution >= 0.6 is 0 Å². The molecule has 4 heteroatoms. The summed E-state index contributed by atoms with van der Waals surface area (Å²) >= 11 is 0. The number of ether oxygens (including phenoxy) is 1. The maximum atomic E-state index is 12.0. The molecule has 1 spiro atoms. The molecule has 2 atom stereocenters. The van der Waals surface area contributed by atoms with Gasteiger partial charge in [-0.2, -0.15) is 0 Å². The molecule has 0 aromatic heterocycles. The topological polar surface area (TPSA) is 41.6 Å². The molecule has 2 fully saturated rings. The monoisotopic (exact) mass is 330 g/mol. The van der Waals surface area contributed by atoms with Crippen LogP contribution < -0.4 is 5.32 Å². The molecule has 0 radical (unpaired) electrons. The van der Waals surface area contributed by atoms with Gasteiger partial charge in [0.2, 0.25) is 0 Å². The van der Waals surface area contributed by atoms with Crippen molar-refractivity contribution in [2.45, 2.75) is 70.7 Å². The van der Waals surface area contributed by atoms with E-state index in [4.69, 9.17) is 4.74 Å². The maximum absolute atomic E-state index is 12.0. The van der Waals surface area contributed by atoms with Gasteiger partial charge < -0.3 is 10.1 Å². The summed E-state index contributed by atoms with van der Waals surface area (Å²) in [6.07, 6.45) is 3.45. The Balaban J connectivity index is 1.57. The highest BCUT2D eigenvalue weighted by Crippen LogP contribution is 2.52. The molecule has 1 saturated carbocycles. The minimum Gasteiger partial charge on any atom is -0.444 e. The molecule has 4 nitrogen and oxygen atoms in total. The molecule has 1 aliphatic heterocycles. The Labute approximate surface area is 145 Å². The second-order valence-corrected chi connectivity index (χ2v) is 8.49. The lowest BCUT2D eigenvalue weighted by Crippen LogP contribution is -2.42. The van der Waals surface area contributed by atoms with Crippen molar-refractivity contribution in [3.05, 3.63) is 35.9 Å². The number of carbonyl (C=O) groups excluding carboxylic acids is 1. The third-order valence-corrected chi connectivity index (χ3v) is 5.26. The maximum Gasteiger partial charge on any atom is 0.407 e. The van der Waals surface area contributed by atoms with E-state index in [0.717, 1.165) is 13.1 Å². The number of hydrogen-bond donors (Lipinski definition) is 1. The lowest BCUT2D eigenvalue weighted by atomic mass is 9.97. The average Bonchev–Trinajstić information content (AvgIpc) is 3.16. The molecular weight excluding hydrogens is 300 g/mol. The van der Waals surface area contributed by atoms with E-state index in [0.29, 0.717) is 11.5 Å². The lowest BCUT2D eigenvalue weighted by Gasteiger charge is -2.25. The summed E-state index contributed by atoms with van der Waals surface area (Å²) in [5, 5.41) is 3.04. The number of likely N-dealkylation sites (tertiary alicyclic amines) is 1. The number of hydrogen-bond acceptors (Lipinski definition) is 3. The highest BCUT2D eigenvalue weighted by molar-refractivity contribution is 5.68. The quantitative estimate of drug-likeness (QED) is 0.909. The Kier molecular flexibility index (Phi) is 4.60. The van der Waals surface area contributed by atoms with Crippen molar-refractivity contribution in [1.82, 2.24) is 10.2 Å². The molecule has 1 heterocycles. The van der Waals surface area contributed by atoms with Crippen LogP contribution in [0.5, 0.6) is 0 Å². The van der Waals surface area contributed by atoms with Crippen LogP contribution in [0.25, 0.3) is 0 Å². The van der Waals surface area contributed by atoms with Crippen molar-refractivity contribution >= 4 is 6.09 Å². The molecule has 132 valence electrons. The van der Waals surface area contributed by atoms with Crippen molar-refractivity contribution in [2.75, 3.05) is 6.54 Å². The van der Waals surface area contributed by atoms with Gasteiger partial charge in [0.05, 0.1) is 0 Å². The predicted molar refractivity (Wildman–Crippen MR) is 95.8 cm³/mol. The molecule has 1 aliphatic carbocycles. The molecule has 0 bridgehead atoms. The Morgan fingerprint density at radius 2 is 2.00 bits per heavy atom. The highest BCUT2D eigenvalue weighted by Gasteiger charge is 2.54. The van der Waals surface area contributed by atoms with Crippen LogP contribution in [0.4, 0.5) is 4.79 Å². The van der Waals surface area contributed by atoms with Crippen molar-refractivity contribution in [3.8, 4) is 0 Å². The Bertz CT molecular complexity index is 575. The molecule has 24 heavy (non-hydrogen) atoms. The van der Waals surface area contributed by atoms with Gasteiger partial charge in [-0.3, -0.25) is 4.90 Å². The summed E-state index contributed by atoms with van der Waals surface area (Å²) < 4.78 is 5.39. The van der Waals surface area contributed by atoms with E-state index in [1.165, 1.54) is 24.8 Å². The molecule has 1 aromatic carbocycles. The Morgan fingerprint density at radius 3 is 2.58 bits per heavy atom. The summed E-state index contributed by atoms with van der Waals surface area (Å²) in [6.45, 7) is 9.86. The second-order valence-electron chi connectivity index (χ2n) is 8.49. The normalized spacial score (nSPS) is 23.9. The van der Waals surface area contributed by atoms with Gasteiger partial charge in [0, 0.05) is 24.7 Å². The third-order valence-electron chi connectivity index (χ3n) is 5.26. The smallest absolute Gasteiger partial charge is 0.407 e. The zero-order valence-corrected chi connectivity index (χ0v) is 15.3. The number of nitrogens with zero attached hydrogens (tertiary/aromatic N) is 1. The van der Waals surface area contributed by atoms with E-state index < -0.39 is 5.60 Å². The molecule has 3 rings (SSSR count). The van der Waals surface area contributed by atoms with Crippen LogP contribution in [-0.2, 0) is 11.3 Å². The van der Waals surface area contributed by atoms with Crippen LogP contribution in [0.3, 0.4) is 0 Å². The standard InChI is InChI=1S/C20H30N2O2/c1-15(21-18(23)24-19(2,3)4)17-12-20(10-11-20)22(14-17)13-16-8-6-5-7-9-16/h5-9,15,17H,10-14H2,1-4H3,(H,21,23)/t15-,17?/m0/s1. The highest BCUT2D eigenvalue weighted by atomic mass is 16.6. The summed E-state index contributed by atoms with van der Waals surface area (Å²) in [4.78, 5) is 14.7. The van der Waals surface area contributed by atoms with Gasteiger partial charge in [-0.25, -0.2) is 4.79 Å². The molecule has 1 saturated heterocycles. The lowest BCUT2D eigenvalue weighted by molar-refractivity contribution is 0.0492. The SMILES string of the molecule is C[C@H](NC(=O)OC(C)(C)C)C1CN(Cc2ccccc2)C2(CC2)C1. The number of amides is 1. The first-order valence-corrected chi connectivity index (χ1v) is 9.06. The number of nitrogens with one attached hydrogen (secondary N) is 1. The summed E-state index contributed by atoms with van der Waals surface area (Å²) in [6, 6.07) is 10.8. The fourth-order valence-corrected chi connectivity index (χ4v) is 3.81. The zero-order chi connectivity index (χ0) is 17.4. The molecular formula is C20H30N2O2. The van der Waals surface area contributed by atoms with Crippen molar-refractivity contribution in [3.63, 3.8) is 0 Å². The number of alkyl carbamates (subject to hydrolysis) is 1. The van der Waals surface area contributed by atoms with E-state index in [9.17, 15) is 4.79 Å². The van der Waals surface area contributed by atoms with E-state index in [-0.39, 0.29) is 12.1 Å². The van der Waals surface area contributed by atoms with Crippen molar-refractivity contribution < 1.29 is 9.53 Å². The van der Waals surface area contributed by atoms with Crippen LogP contribution in [0, 0.1) is 5.92 Å². The fraction of sp³-hybridized carbons (Fsp3) is 0.650. The number of carbonyl (C=O) groups is 1. The zero-order valence-electron chi connectivity index (χ0n) is 15.3. The first kappa shape index (κ1) is 17.3. The third kappa shape index (κ3) is 4.10. The predicted octanol–water partition coefficient (Wildman–Crippen LogP) is 3.95. The largest absolute Gasteiger partial charge is 0.444 e. The van der Waals surface area contributed by atoms with E-state index >= 15 is 0 Å². The van der Waals surface area contributed by atoms with Gasteiger partial charge in [-0.05, 0) is 58.4 Å². The average molecular weight is 330 g/mol. The van der Waals surface area contributed by atoms with E-state index in [1.54, 1.807) is 0 Å². The van der Waals surface area contributed by atoms with Crippen LogP contribution in [0.15, 0.2) is 30.3 Å². The van der Waals surface area contributed by atoms with Crippen LogP contribution in [0.1, 0.15) is 52.5 Å². The molecule has 1 aromatic rings. The Hall–Kier alpha value is -1.55. The van der Waals surface area contributed by atoms with Gasteiger partial charge in [0.1, 0.15) is 5.60 Å². The first-order valence-electron chi connectivity index (χ1n) is 9.06. The molecule has 2 aliphatic rings. The van der Waals surface area contributed by atoms with Crippen molar-refractivity contribution in [1.29, 1.82) is 0 Å². The summed E-state index contributed by atoms with van der Waals surface area (Å²) in [7, 11) is 0. The van der Waals surface area contributed by atoms with Gasteiger partial charge in [0.15, 0.2) is 0 Å². The fourth-order valence-electron chi connectivity index (χ4n) is 3.81. The van der Waals surface area contributed by atoms with Gasteiger partial charge >= 0.3 is 6.09 Å². The van der Waals surface area contributed by atoms with Crippen molar-refractivity contribution in [2.24, 2.45) is 5.92 Å². The minimum atomic E-state index is -0.448. The molecule has 1 N–H and O–H groups in total. The second kappa shape index (κ2) is 6.40. The summed E-state index contributed by atoms with van der Waals surface area (Å²) in [5.74, 6) is 0.490. The summed E-state index contributed by atoms with van der Waals surface area (Å²) in [5.41, 5.74) is 1.30. The van der Waals surface area contributed by atoms with Gasteiger partial charge in [0.25, 0.3) is 0 Å². The first-order chi connectivity index (χ1) is 11.3. The van der Waals surface area contributed by atoms with E-state index in [2.05, 4.69) is 47.5 Å². The van der Waals surface area contributed by atoms with Crippen LogP contribution in [-0.4, -0.2) is 34.7 Å². The number of benzene rings is 1. The van der Waals surface area contributed by atoms with Crippen LogP contribution in [0.2, 0.25) is 0 Å². The molecule has 1 amide bonds. The molecule has 1 unspecified atom stereocenters.